The minimum atomic E-state index is 0.486. The molecule has 0 radical (unpaired) electrons. The summed E-state index contributed by atoms with van der Waals surface area (Å²) in [5.74, 6) is 1.63. The lowest BCUT2D eigenvalue weighted by atomic mass is 9.78. The number of nitrogens with zero attached hydrogens (tertiary/aromatic N) is 2. The molecular formula is C13H14ClN3O. The van der Waals surface area contributed by atoms with Gasteiger partial charge in [0.25, 0.3) is 0 Å². The lowest BCUT2D eigenvalue weighted by molar-refractivity contribution is 0.507. The van der Waals surface area contributed by atoms with E-state index in [1.54, 1.807) is 0 Å². The van der Waals surface area contributed by atoms with Gasteiger partial charge in [-0.3, -0.25) is 0 Å². The zero-order valence-corrected chi connectivity index (χ0v) is 10.7. The lowest BCUT2D eigenvalue weighted by Crippen LogP contribution is -2.24. The molecular weight excluding hydrogens is 250 g/mol. The zero-order chi connectivity index (χ0) is 12.4. The van der Waals surface area contributed by atoms with Crippen LogP contribution in [0.25, 0.3) is 0 Å². The summed E-state index contributed by atoms with van der Waals surface area (Å²) in [5.41, 5.74) is 2.86. The van der Waals surface area contributed by atoms with Gasteiger partial charge in [-0.05, 0) is 17.5 Å². The zero-order valence-electron chi connectivity index (χ0n) is 9.90. The summed E-state index contributed by atoms with van der Waals surface area (Å²) in [4.78, 5) is 0. The SMILES string of the molecule is ClCCc1nnc(NCC2Cc3ccccc32)o1. The highest BCUT2D eigenvalue weighted by atomic mass is 35.5. The number of aryl methyl sites for hydroxylation is 1. The van der Waals surface area contributed by atoms with Crippen molar-refractivity contribution >= 4 is 17.6 Å². The molecule has 1 aromatic carbocycles. The van der Waals surface area contributed by atoms with Gasteiger partial charge >= 0.3 is 6.01 Å². The van der Waals surface area contributed by atoms with E-state index >= 15 is 0 Å². The van der Waals surface area contributed by atoms with Crippen LogP contribution in [0.2, 0.25) is 0 Å². The van der Waals surface area contributed by atoms with Gasteiger partial charge in [0, 0.05) is 24.8 Å². The summed E-state index contributed by atoms with van der Waals surface area (Å²) < 4.78 is 5.41. The average Bonchev–Trinajstić information content (AvgIpc) is 2.79. The Morgan fingerprint density at radius 2 is 2.22 bits per heavy atom. The Morgan fingerprint density at radius 1 is 1.33 bits per heavy atom. The summed E-state index contributed by atoms with van der Waals surface area (Å²) in [6.07, 6.45) is 1.73. The van der Waals surface area contributed by atoms with Crippen molar-refractivity contribution in [1.29, 1.82) is 0 Å². The first kappa shape index (κ1) is 11.5. The van der Waals surface area contributed by atoms with Gasteiger partial charge < -0.3 is 9.73 Å². The van der Waals surface area contributed by atoms with Crippen LogP contribution >= 0.6 is 11.6 Å². The molecule has 1 atom stereocenters. The van der Waals surface area contributed by atoms with E-state index in [1.807, 2.05) is 0 Å². The van der Waals surface area contributed by atoms with Crippen molar-refractivity contribution in [3.63, 3.8) is 0 Å². The first-order valence-corrected chi connectivity index (χ1v) is 6.60. The molecule has 0 bridgehead atoms. The number of anilines is 1. The Balaban J connectivity index is 1.56. The second kappa shape index (κ2) is 4.98. The number of alkyl halides is 1. The molecule has 1 heterocycles. The fraction of sp³-hybridized carbons (Fsp3) is 0.385. The van der Waals surface area contributed by atoms with E-state index in [4.69, 9.17) is 16.0 Å². The minimum absolute atomic E-state index is 0.486. The van der Waals surface area contributed by atoms with Crippen LogP contribution in [0.5, 0.6) is 0 Å². The smallest absolute Gasteiger partial charge is 0.315 e. The molecule has 0 saturated carbocycles. The maximum atomic E-state index is 5.61. The van der Waals surface area contributed by atoms with Gasteiger partial charge in [0.05, 0.1) is 0 Å². The van der Waals surface area contributed by atoms with E-state index in [-0.39, 0.29) is 0 Å². The van der Waals surface area contributed by atoms with Crippen molar-refractivity contribution in [3.8, 4) is 0 Å². The van der Waals surface area contributed by atoms with Gasteiger partial charge in [-0.15, -0.1) is 16.7 Å². The minimum Gasteiger partial charge on any atom is -0.408 e. The molecule has 0 spiro atoms. The second-order valence-corrected chi connectivity index (χ2v) is 4.80. The van der Waals surface area contributed by atoms with E-state index in [9.17, 15) is 0 Å². The van der Waals surface area contributed by atoms with Gasteiger partial charge in [0.1, 0.15) is 0 Å². The van der Waals surface area contributed by atoms with Crippen molar-refractivity contribution in [2.45, 2.75) is 18.8 Å². The maximum absolute atomic E-state index is 5.61. The van der Waals surface area contributed by atoms with Crippen LogP contribution in [0, 0.1) is 0 Å². The maximum Gasteiger partial charge on any atom is 0.315 e. The molecule has 0 amide bonds. The molecule has 4 nitrogen and oxygen atoms in total. The van der Waals surface area contributed by atoms with Crippen molar-refractivity contribution < 1.29 is 4.42 Å². The molecule has 1 unspecified atom stereocenters. The largest absolute Gasteiger partial charge is 0.408 e. The summed E-state index contributed by atoms with van der Waals surface area (Å²) in [6.45, 7) is 0.833. The third-order valence-electron chi connectivity index (χ3n) is 3.24. The standard InChI is InChI=1S/C13H14ClN3O/c14-6-5-12-16-17-13(18-12)15-8-10-7-9-3-1-2-4-11(9)10/h1-4,10H,5-8H2,(H,15,17). The third-order valence-corrected chi connectivity index (χ3v) is 3.43. The predicted octanol–water partition coefficient (Wildman–Crippen LogP) is 2.60. The predicted molar refractivity (Wildman–Crippen MR) is 70.1 cm³/mol. The molecule has 0 aliphatic heterocycles. The molecule has 5 heteroatoms. The quantitative estimate of drug-likeness (QED) is 0.843. The molecule has 1 aliphatic carbocycles. The Kier molecular flexibility index (Phi) is 3.19. The number of hydrogen-bond donors (Lipinski definition) is 1. The highest BCUT2D eigenvalue weighted by Gasteiger charge is 2.25. The van der Waals surface area contributed by atoms with Gasteiger partial charge in [0.15, 0.2) is 0 Å². The first-order valence-electron chi connectivity index (χ1n) is 6.07. The molecule has 3 rings (SSSR count). The molecule has 0 fully saturated rings. The number of aromatic nitrogens is 2. The Morgan fingerprint density at radius 3 is 3.06 bits per heavy atom. The molecule has 1 aliphatic rings. The summed E-state index contributed by atoms with van der Waals surface area (Å²) >= 11 is 5.61. The Labute approximate surface area is 110 Å². The first-order chi connectivity index (χ1) is 8.86. The van der Waals surface area contributed by atoms with Gasteiger partial charge in [0.2, 0.25) is 5.89 Å². The molecule has 18 heavy (non-hydrogen) atoms. The summed E-state index contributed by atoms with van der Waals surface area (Å²) in [7, 11) is 0. The number of halogens is 1. The number of rotatable bonds is 5. The highest BCUT2D eigenvalue weighted by molar-refractivity contribution is 6.17. The van der Waals surface area contributed by atoms with E-state index in [0.29, 0.717) is 30.1 Å². The van der Waals surface area contributed by atoms with Crippen LogP contribution in [0.3, 0.4) is 0 Å². The van der Waals surface area contributed by atoms with Gasteiger partial charge in [-0.1, -0.05) is 29.4 Å². The van der Waals surface area contributed by atoms with Crippen LogP contribution in [0.4, 0.5) is 6.01 Å². The van der Waals surface area contributed by atoms with Crippen molar-refractivity contribution in [2.24, 2.45) is 0 Å². The van der Waals surface area contributed by atoms with Crippen LogP contribution in [0.1, 0.15) is 22.9 Å². The Bertz CT molecular complexity index is 541. The average molecular weight is 264 g/mol. The van der Waals surface area contributed by atoms with Crippen LogP contribution in [0.15, 0.2) is 28.7 Å². The molecule has 94 valence electrons. The fourth-order valence-electron chi connectivity index (χ4n) is 2.26. The molecule has 1 N–H and O–H groups in total. The summed E-state index contributed by atoms with van der Waals surface area (Å²) in [5, 5.41) is 11.0. The van der Waals surface area contributed by atoms with E-state index in [0.717, 1.165) is 13.0 Å². The number of benzene rings is 1. The fourth-order valence-corrected chi connectivity index (χ4v) is 2.42. The topological polar surface area (TPSA) is 51.0 Å². The molecule has 0 saturated heterocycles. The summed E-state index contributed by atoms with van der Waals surface area (Å²) in [6, 6.07) is 9.00. The van der Waals surface area contributed by atoms with Gasteiger partial charge in [-0.2, -0.15) is 0 Å². The molecule has 1 aromatic heterocycles. The Hall–Kier alpha value is -1.55. The van der Waals surface area contributed by atoms with E-state index in [1.165, 1.54) is 11.1 Å². The number of nitrogens with one attached hydrogen (secondary N) is 1. The number of fused-ring (bicyclic) bond motifs is 1. The number of hydrogen-bond acceptors (Lipinski definition) is 4. The monoisotopic (exact) mass is 263 g/mol. The van der Waals surface area contributed by atoms with E-state index < -0.39 is 0 Å². The van der Waals surface area contributed by atoms with Gasteiger partial charge in [-0.25, -0.2) is 0 Å². The second-order valence-electron chi connectivity index (χ2n) is 4.42. The van der Waals surface area contributed by atoms with Crippen molar-refractivity contribution in [3.05, 3.63) is 41.3 Å². The van der Waals surface area contributed by atoms with Crippen LogP contribution < -0.4 is 5.32 Å². The highest BCUT2D eigenvalue weighted by Crippen LogP contribution is 2.34. The molecule has 2 aromatic rings. The van der Waals surface area contributed by atoms with Crippen LogP contribution in [-0.4, -0.2) is 22.6 Å². The normalized spacial score (nSPS) is 17.1. The third kappa shape index (κ3) is 2.20. The van der Waals surface area contributed by atoms with Crippen molar-refractivity contribution in [1.82, 2.24) is 10.2 Å². The lowest BCUT2D eigenvalue weighted by Gasteiger charge is -2.29. The van der Waals surface area contributed by atoms with E-state index in [2.05, 4.69) is 39.8 Å². The van der Waals surface area contributed by atoms with Crippen molar-refractivity contribution in [2.75, 3.05) is 17.7 Å². The van der Waals surface area contributed by atoms with Crippen LogP contribution in [-0.2, 0) is 12.8 Å².